The second kappa shape index (κ2) is 6.10. The van der Waals surface area contributed by atoms with Gasteiger partial charge in [0.25, 0.3) is 5.91 Å². The number of nitrogen functional groups attached to an aromatic ring is 1. The highest BCUT2D eigenvalue weighted by molar-refractivity contribution is 7.84. The summed E-state index contributed by atoms with van der Waals surface area (Å²) >= 11 is 1.12. The van der Waals surface area contributed by atoms with E-state index in [1.165, 1.54) is 0 Å². The Balaban J connectivity index is 2.10. The van der Waals surface area contributed by atoms with Gasteiger partial charge in [-0.2, -0.15) is 12.7 Å². The molecule has 11 nitrogen and oxygen atoms in total. The van der Waals surface area contributed by atoms with Crippen LogP contribution < -0.4 is 11.1 Å². The molecule has 23 heavy (non-hydrogen) atoms. The molecular weight excluding hydrogens is 352 g/mol. The van der Waals surface area contributed by atoms with Gasteiger partial charge in [0, 0.05) is 5.38 Å². The largest absolute Gasteiger partial charge is 0.467 e. The molecule has 2 amide bonds. The minimum absolute atomic E-state index is 0.0510. The van der Waals surface area contributed by atoms with Gasteiger partial charge in [-0.15, -0.1) is 11.3 Å². The quantitative estimate of drug-likeness (QED) is 0.302. The molecule has 126 valence electrons. The lowest BCUT2D eigenvalue weighted by atomic mass is 9.98. The number of hydrogen-bond donors (Lipinski definition) is 3. The Kier molecular flexibility index (Phi) is 4.53. The molecule has 1 saturated heterocycles. The number of ether oxygens (including phenoxy) is 1. The monoisotopic (exact) mass is 364 g/mol. The van der Waals surface area contributed by atoms with E-state index in [1.54, 1.807) is 5.38 Å². The lowest BCUT2D eigenvalue weighted by Gasteiger charge is -2.41. The molecule has 1 fully saturated rings. The summed E-state index contributed by atoms with van der Waals surface area (Å²) in [6.07, 6.45) is -0.211. The van der Waals surface area contributed by atoms with Gasteiger partial charge in [0.1, 0.15) is 6.04 Å². The molecule has 2 rings (SSSR count). The van der Waals surface area contributed by atoms with E-state index in [-0.39, 0.29) is 15.9 Å². The van der Waals surface area contributed by atoms with E-state index in [0.717, 1.165) is 18.4 Å². The van der Waals surface area contributed by atoms with E-state index >= 15 is 0 Å². The zero-order chi connectivity index (χ0) is 17.4. The second-order valence-corrected chi connectivity index (χ2v) is 6.66. The van der Waals surface area contributed by atoms with Crippen molar-refractivity contribution in [2.75, 3.05) is 12.8 Å². The van der Waals surface area contributed by atoms with E-state index in [2.05, 4.69) is 15.0 Å². The lowest BCUT2D eigenvalue weighted by molar-refractivity contribution is -0.162. The lowest BCUT2D eigenvalue weighted by Crippen LogP contribution is -2.74. The molecular formula is C10H12N4O7S2. The molecule has 0 unspecified atom stereocenters. The Hall–Kier alpha value is -2.25. The van der Waals surface area contributed by atoms with Crippen molar-refractivity contribution in [3.63, 3.8) is 0 Å². The van der Waals surface area contributed by atoms with E-state index in [0.29, 0.717) is 5.69 Å². The van der Waals surface area contributed by atoms with Crippen LogP contribution in [0.4, 0.5) is 5.13 Å². The van der Waals surface area contributed by atoms with Crippen LogP contribution in [0.5, 0.6) is 0 Å². The number of nitrogens with zero attached hydrogens (tertiary/aromatic N) is 2. The number of thiazole rings is 1. The summed E-state index contributed by atoms with van der Waals surface area (Å²) in [5.41, 5.74) is 5.78. The van der Waals surface area contributed by atoms with Crippen LogP contribution in [-0.4, -0.2) is 59.2 Å². The molecule has 13 heteroatoms. The molecule has 0 aliphatic carbocycles. The first-order valence-corrected chi connectivity index (χ1v) is 8.30. The number of β-lactam (4-membered cyclic amide) rings is 1. The first kappa shape index (κ1) is 17.1. The molecule has 4 N–H and O–H groups in total. The predicted molar refractivity (Wildman–Crippen MR) is 76.4 cm³/mol. The summed E-state index contributed by atoms with van der Waals surface area (Å²) in [6, 6.07) is -3.11. The SMILES string of the molecule is COC(=O)[C@H]1[C@@H](NC(=O)Cc2csc(N)n2)C(=O)N1S(=O)(=O)O. The highest BCUT2D eigenvalue weighted by Gasteiger charge is 2.58. The van der Waals surface area contributed by atoms with Crippen LogP contribution in [0.3, 0.4) is 0 Å². The molecule has 2 atom stereocenters. The smallest absolute Gasteiger partial charge is 0.363 e. The molecule has 0 bridgehead atoms. The number of esters is 1. The fraction of sp³-hybridized carbons (Fsp3) is 0.400. The molecule has 0 radical (unpaired) electrons. The van der Waals surface area contributed by atoms with E-state index in [1.807, 2.05) is 0 Å². The van der Waals surface area contributed by atoms with Crippen LogP contribution in [0, 0.1) is 0 Å². The van der Waals surface area contributed by atoms with E-state index in [4.69, 9.17) is 10.3 Å². The second-order valence-electron chi connectivity index (χ2n) is 4.48. The van der Waals surface area contributed by atoms with Gasteiger partial charge in [0.15, 0.2) is 11.2 Å². The maximum atomic E-state index is 11.9. The fourth-order valence-electron chi connectivity index (χ4n) is 2.01. The number of carbonyl (C=O) groups excluding carboxylic acids is 3. The molecule has 1 aromatic rings. The van der Waals surface area contributed by atoms with Gasteiger partial charge < -0.3 is 15.8 Å². The Morgan fingerprint density at radius 3 is 2.70 bits per heavy atom. The number of anilines is 1. The number of nitrogens with one attached hydrogen (secondary N) is 1. The van der Waals surface area contributed by atoms with Gasteiger partial charge in [0.2, 0.25) is 5.91 Å². The van der Waals surface area contributed by atoms with Crippen LogP contribution in [0.1, 0.15) is 5.69 Å². The normalized spacial score (nSPS) is 20.8. The number of amides is 2. The molecule has 1 aliphatic rings. The number of rotatable bonds is 5. The summed E-state index contributed by atoms with van der Waals surface area (Å²) in [6.45, 7) is 0. The Bertz CT molecular complexity index is 759. The van der Waals surface area contributed by atoms with Crippen LogP contribution in [-0.2, 0) is 35.8 Å². The molecule has 0 saturated carbocycles. The zero-order valence-corrected chi connectivity index (χ0v) is 13.3. The Morgan fingerprint density at radius 1 is 1.57 bits per heavy atom. The fourth-order valence-corrected chi connectivity index (χ4v) is 3.40. The topological polar surface area (TPSA) is 169 Å². The summed E-state index contributed by atoms with van der Waals surface area (Å²) in [5, 5.41) is 4.01. The number of nitrogens with two attached hydrogens (primary N) is 1. The van der Waals surface area contributed by atoms with Crippen LogP contribution in [0.15, 0.2) is 5.38 Å². The predicted octanol–water partition coefficient (Wildman–Crippen LogP) is -2.06. The Morgan fingerprint density at radius 2 is 2.22 bits per heavy atom. The van der Waals surface area contributed by atoms with E-state index in [9.17, 15) is 22.8 Å². The van der Waals surface area contributed by atoms with Gasteiger partial charge >= 0.3 is 16.3 Å². The maximum absolute atomic E-state index is 11.9. The molecule has 1 aliphatic heterocycles. The Labute approximate surface area is 134 Å². The van der Waals surface area contributed by atoms with Crippen molar-refractivity contribution in [3.8, 4) is 0 Å². The van der Waals surface area contributed by atoms with Crippen LogP contribution >= 0.6 is 11.3 Å². The number of hydrogen-bond acceptors (Lipinski definition) is 9. The van der Waals surface area contributed by atoms with Crippen molar-refractivity contribution in [1.82, 2.24) is 14.6 Å². The minimum atomic E-state index is -4.94. The molecule has 1 aromatic heterocycles. The van der Waals surface area contributed by atoms with Crippen LogP contribution in [0.2, 0.25) is 0 Å². The third-order valence-corrected chi connectivity index (χ3v) is 4.60. The van der Waals surface area contributed by atoms with Gasteiger partial charge in [-0.1, -0.05) is 0 Å². The average Bonchev–Trinajstić information content (AvgIpc) is 2.84. The maximum Gasteiger partial charge on any atom is 0.363 e. The zero-order valence-electron chi connectivity index (χ0n) is 11.6. The molecule has 0 spiro atoms. The number of carbonyl (C=O) groups is 3. The third kappa shape index (κ3) is 3.40. The highest BCUT2D eigenvalue weighted by Crippen LogP contribution is 2.24. The van der Waals surface area contributed by atoms with Gasteiger partial charge in [-0.05, 0) is 0 Å². The average molecular weight is 364 g/mol. The van der Waals surface area contributed by atoms with Crippen molar-refractivity contribution in [2.24, 2.45) is 0 Å². The van der Waals surface area contributed by atoms with E-state index < -0.39 is 40.2 Å². The highest BCUT2D eigenvalue weighted by atomic mass is 32.2. The van der Waals surface area contributed by atoms with Gasteiger partial charge in [0.05, 0.1) is 19.2 Å². The minimum Gasteiger partial charge on any atom is -0.467 e. The molecule has 2 heterocycles. The van der Waals surface area contributed by atoms with Gasteiger partial charge in [-0.25, -0.2) is 9.78 Å². The summed E-state index contributed by atoms with van der Waals surface area (Å²) in [5.74, 6) is -2.91. The van der Waals surface area contributed by atoms with Crippen molar-refractivity contribution in [2.45, 2.75) is 18.5 Å². The van der Waals surface area contributed by atoms with Crippen LogP contribution in [0.25, 0.3) is 0 Å². The first-order valence-electron chi connectivity index (χ1n) is 6.03. The van der Waals surface area contributed by atoms with Crippen molar-refractivity contribution in [1.29, 1.82) is 0 Å². The number of aromatic nitrogens is 1. The van der Waals surface area contributed by atoms with Gasteiger partial charge in [-0.3, -0.25) is 14.1 Å². The standard InChI is InChI=1S/C10H12N4O7S2/c1-21-9(17)7-6(8(16)14(7)23(18,19)20)13-5(15)2-4-3-22-10(11)12-4/h3,6-7H,2H2,1H3,(H2,11,12)(H,13,15)(H,18,19,20)/t6-,7-/m1/s1. The molecule has 0 aromatic carbocycles. The summed E-state index contributed by atoms with van der Waals surface area (Å²) in [4.78, 5) is 39.1. The summed E-state index contributed by atoms with van der Waals surface area (Å²) in [7, 11) is -3.96. The third-order valence-electron chi connectivity index (χ3n) is 2.97. The van der Waals surface area contributed by atoms with Crippen molar-refractivity contribution < 1.29 is 32.1 Å². The van der Waals surface area contributed by atoms with Crippen molar-refractivity contribution >= 4 is 44.6 Å². The summed E-state index contributed by atoms with van der Waals surface area (Å²) < 4.78 is 35.5. The van der Waals surface area contributed by atoms with Crippen molar-refractivity contribution in [3.05, 3.63) is 11.1 Å². The first-order chi connectivity index (χ1) is 10.6. The number of methoxy groups -OCH3 is 1.